The minimum absolute atomic E-state index is 0. The second-order valence-electron chi connectivity index (χ2n) is 4.61. The summed E-state index contributed by atoms with van der Waals surface area (Å²) >= 11 is 0. The molecule has 1 aliphatic rings. The Kier molecular flexibility index (Phi) is 4.99. The van der Waals surface area contributed by atoms with Gasteiger partial charge >= 0.3 is 5.97 Å². The largest absolute Gasteiger partial charge is 0.504 e. The van der Waals surface area contributed by atoms with Gasteiger partial charge in [0.05, 0.1) is 0 Å². The van der Waals surface area contributed by atoms with Gasteiger partial charge in [-0.15, -0.1) is 12.4 Å². The Labute approximate surface area is 113 Å². The number of carbonyl (C=O) groups is 1. The summed E-state index contributed by atoms with van der Waals surface area (Å²) in [4.78, 5) is 10.8. The third-order valence-electron chi connectivity index (χ3n) is 2.95. The van der Waals surface area contributed by atoms with E-state index >= 15 is 0 Å². The van der Waals surface area contributed by atoms with Crippen molar-refractivity contribution in [2.75, 3.05) is 0 Å². The lowest BCUT2D eigenvalue weighted by Crippen LogP contribution is -2.11. The van der Waals surface area contributed by atoms with Crippen LogP contribution in [0.15, 0.2) is 18.2 Å². The van der Waals surface area contributed by atoms with Crippen LogP contribution < -0.4 is 10.5 Å². The Morgan fingerprint density at radius 2 is 2.22 bits per heavy atom. The molecule has 1 saturated carbocycles. The Balaban J connectivity index is 0.00000162. The fourth-order valence-corrected chi connectivity index (χ4v) is 1.85. The molecule has 1 aliphatic carbocycles. The first kappa shape index (κ1) is 14.8. The van der Waals surface area contributed by atoms with Gasteiger partial charge in [0.2, 0.25) is 0 Å². The smallest absolute Gasteiger partial charge is 0.308 e. The number of hydrogen-bond donors (Lipinski definition) is 2. The fraction of sp³-hybridized carbons (Fsp3) is 0.462. The quantitative estimate of drug-likeness (QED) is 0.652. The lowest BCUT2D eigenvalue weighted by molar-refractivity contribution is -0.132. The maximum absolute atomic E-state index is 10.8. The molecule has 2 rings (SSSR count). The lowest BCUT2D eigenvalue weighted by atomic mass is 10.0. The molecule has 0 bridgehead atoms. The molecule has 0 heterocycles. The molecule has 0 radical (unpaired) electrons. The summed E-state index contributed by atoms with van der Waals surface area (Å²) in [5.74, 6) is 0.430. The Morgan fingerprint density at radius 1 is 1.56 bits per heavy atom. The molecule has 100 valence electrons. The number of hydrogen-bond acceptors (Lipinski definition) is 4. The zero-order valence-corrected chi connectivity index (χ0v) is 11.1. The molecule has 1 fully saturated rings. The van der Waals surface area contributed by atoms with Crippen LogP contribution >= 0.6 is 12.4 Å². The summed E-state index contributed by atoms with van der Waals surface area (Å²) in [6.07, 6.45) is 3.46. The highest BCUT2D eigenvalue weighted by atomic mass is 35.5. The second-order valence-corrected chi connectivity index (χ2v) is 4.61. The summed E-state index contributed by atoms with van der Waals surface area (Å²) < 4.78 is 4.84. The van der Waals surface area contributed by atoms with Crippen LogP contribution in [-0.4, -0.2) is 11.1 Å². The van der Waals surface area contributed by atoms with Gasteiger partial charge in [-0.3, -0.25) is 4.79 Å². The van der Waals surface area contributed by atoms with Gasteiger partial charge in [0.25, 0.3) is 0 Å². The monoisotopic (exact) mass is 271 g/mol. The molecule has 5 heteroatoms. The average Bonchev–Trinajstić information content (AvgIpc) is 3.04. The van der Waals surface area contributed by atoms with Gasteiger partial charge in [0.15, 0.2) is 11.5 Å². The molecule has 4 nitrogen and oxygen atoms in total. The first-order chi connectivity index (χ1) is 8.06. The van der Waals surface area contributed by atoms with E-state index in [1.54, 1.807) is 18.2 Å². The van der Waals surface area contributed by atoms with Crippen LogP contribution in [0.3, 0.4) is 0 Å². The second kappa shape index (κ2) is 6.07. The number of phenolic OH excluding ortho intramolecular Hbond substituents is 1. The van der Waals surface area contributed by atoms with Gasteiger partial charge in [-0.1, -0.05) is 18.9 Å². The van der Waals surface area contributed by atoms with Crippen LogP contribution in [0.1, 0.15) is 37.8 Å². The predicted octanol–water partition coefficient (Wildman–Crippen LogP) is 2.54. The normalized spacial score (nSPS) is 15.7. The first-order valence-electron chi connectivity index (χ1n) is 5.83. The number of esters is 1. The van der Waals surface area contributed by atoms with E-state index in [1.165, 1.54) is 19.8 Å². The van der Waals surface area contributed by atoms with Crippen molar-refractivity contribution in [2.24, 2.45) is 11.7 Å². The molecule has 18 heavy (non-hydrogen) atoms. The van der Waals surface area contributed by atoms with E-state index in [0.29, 0.717) is 0 Å². The van der Waals surface area contributed by atoms with Crippen molar-refractivity contribution < 1.29 is 14.6 Å². The van der Waals surface area contributed by atoms with Crippen LogP contribution in [0.25, 0.3) is 0 Å². The van der Waals surface area contributed by atoms with Crippen LogP contribution in [0, 0.1) is 5.92 Å². The summed E-state index contributed by atoms with van der Waals surface area (Å²) in [6.45, 7) is 1.30. The number of ether oxygens (including phenoxy) is 1. The van der Waals surface area contributed by atoms with Gasteiger partial charge in [-0.2, -0.15) is 0 Å². The van der Waals surface area contributed by atoms with Gasteiger partial charge < -0.3 is 15.6 Å². The van der Waals surface area contributed by atoms with E-state index in [-0.39, 0.29) is 29.9 Å². The molecule has 0 aliphatic heterocycles. The number of aromatic hydroxyl groups is 1. The topological polar surface area (TPSA) is 72.5 Å². The highest BCUT2D eigenvalue weighted by Gasteiger charge is 2.24. The van der Waals surface area contributed by atoms with Crippen molar-refractivity contribution in [3.8, 4) is 11.5 Å². The van der Waals surface area contributed by atoms with Crippen molar-refractivity contribution >= 4 is 18.4 Å². The van der Waals surface area contributed by atoms with Gasteiger partial charge in [0.1, 0.15) is 0 Å². The van der Waals surface area contributed by atoms with Crippen LogP contribution in [-0.2, 0) is 4.79 Å². The predicted molar refractivity (Wildman–Crippen MR) is 70.9 cm³/mol. The lowest BCUT2D eigenvalue weighted by Gasteiger charge is -2.13. The van der Waals surface area contributed by atoms with Crippen molar-refractivity contribution in [1.29, 1.82) is 0 Å². The summed E-state index contributed by atoms with van der Waals surface area (Å²) in [7, 11) is 0. The minimum atomic E-state index is -0.449. The standard InChI is InChI=1S/C13H17NO3.ClH/c1-8(15)17-13-5-4-10(7-12(13)16)11(14)6-9-2-3-9;/h4-5,7,9,11,16H,2-3,6,14H2,1H3;1H/t11-;/m1./s1. The molecule has 0 saturated heterocycles. The maximum atomic E-state index is 10.8. The van der Waals surface area contributed by atoms with E-state index in [1.807, 2.05) is 0 Å². The Morgan fingerprint density at radius 3 is 2.72 bits per heavy atom. The molecule has 1 aromatic rings. The molecular weight excluding hydrogens is 254 g/mol. The van der Waals surface area contributed by atoms with E-state index in [2.05, 4.69) is 0 Å². The average molecular weight is 272 g/mol. The Bertz CT molecular complexity index is 432. The van der Waals surface area contributed by atoms with Crippen molar-refractivity contribution in [3.05, 3.63) is 23.8 Å². The van der Waals surface area contributed by atoms with Gasteiger partial charge in [-0.25, -0.2) is 0 Å². The van der Waals surface area contributed by atoms with Crippen LogP contribution in [0.2, 0.25) is 0 Å². The van der Waals surface area contributed by atoms with Crippen molar-refractivity contribution in [3.63, 3.8) is 0 Å². The van der Waals surface area contributed by atoms with Crippen molar-refractivity contribution in [2.45, 2.75) is 32.2 Å². The van der Waals surface area contributed by atoms with E-state index in [4.69, 9.17) is 10.5 Å². The number of phenols is 1. The maximum Gasteiger partial charge on any atom is 0.308 e. The molecule has 0 amide bonds. The van der Waals surface area contributed by atoms with E-state index < -0.39 is 5.97 Å². The van der Waals surface area contributed by atoms with Gasteiger partial charge in [-0.05, 0) is 30.0 Å². The summed E-state index contributed by atoms with van der Waals surface area (Å²) in [5, 5.41) is 9.71. The number of nitrogens with two attached hydrogens (primary N) is 1. The number of rotatable bonds is 4. The zero-order valence-electron chi connectivity index (χ0n) is 10.3. The third-order valence-corrected chi connectivity index (χ3v) is 2.95. The highest BCUT2D eigenvalue weighted by molar-refractivity contribution is 5.85. The molecule has 3 N–H and O–H groups in total. The molecule has 0 unspecified atom stereocenters. The Hall–Kier alpha value is -1.26. The number of halogens is 1. The van der Waals surface area contributed by atoms with Crippen LogP contribution in [0.5, 0.6) is 11.5 Å². The molecule has 1 aromatic carbocycles. The van der Waals surface area contributed by atoms with E-state index in [9.17, 15) is 9.90 Å². The molecular formula is C13H18ClNO3. The number of benzene rings is 1. The van der Waals surface area contributed by atoms with Crippen LogP contribution in [0.4, 0.5) is 0 Å². The van der Waals surface area contributed by atoms with Gasteiger partial charge in [0, 0.05) is 13.0 Å². The molecule has 1 atom stereocenters. The molecule has 0 spiro atoms. The number of carbonyl (C=O) groups excluding carboxylic acids is 1. The zero-order chi connectivity index (χ0) is 12.4. The summed E-state index contributed by atoms with van der Waals surface area (Å²) in [5.41, 5.74) is 6.92. The third kappa shape index (κ3) is 3.89. The first-order valence-corrected chi connectivity index (χ1v) is 5.83. The summed E-state index contributed by atoms with van der Waals surface area (Å²) in [6, 6.07) is 4.90. The minimum Gasteiger partial charge on any atom is -0.504 e. The molecule has 0 aromatic heterocycles. The highest BCUT2D eigenvalue weighted by Crippen LogP contribution is 2.38. The SMILES string of the molecule is CC(=O)Oc1ccc([C@H](N)CC2CC2)cc1O.Cl. The van der Waals surface area contributed by atoms with Crippen molar-refractivity contribution in [1.82, 2.24) is 0 Å². The fourth-order valence-electron chi connectivity index (χ4n) is 1.85. The van der Waals surface area contributed by atoms with E-state index in [0.717, 1.165) is 17.9 Å².